The monoisotopic (exact) mass is 434 g/mol. The molecule has 0 saturated heterocycles. The smallest absolute Gasteiger partial charge is 0.151 e. The zero-order chi connectivity index (χ0) is 20.3. The highest BCUT2D eigenvalue weighted by Crippen LogP contribution is 2.39. The van der Waals surface area contributed by atoms with Gasteiger partial charge in [-0.05, 0) is 49.5 Å². The first-order valence-corrected chi connectivity index (χ1v) is 11.5. The number of H-pyrrole nitrogens is 1. The average molecular weight is 435 g/mol. The Bertz CT molecular complexity index is 1290. The van der Waals surface area contributed by atoms with E-state index in [9.17, 15) is 0 Å². The van der Waals surface area contributed by atoms with Crippen LogP contribution >= 0.6 is 22.7 Å². The Morgan fingerprint density at radius 1 is 0.967 bits per heavy atom. The van der Waals surface area contributed by atoms with E-state index in [1.54, 1.807) is 17.7 Å². The maximum Gasteiger partial charge on any atom is 0.151 e. The van der Waals surface area contributed by atoms with E-state index in [4.69, 9.17) is 0 Å². The normalized spacial score (nSPS) is 11.5. The van der Waals surface area contributed by atoms with E-state index in [-0.39, 0.29) is 0 Å². The average Bonchev–Trinajstić information content (AvgIpc) is 3.49. The maximum atomic E-state index is 4.51. The van der Waals surface area contributed by atoms with Gasteiger partial charge >= 0.3 is 0 Å². The molecule has 1 aromatic carbocycles. The van der Waals surface area contributed by atoms with Gasteiger partial charge in [0.1, 0.15) is 6.33 Å². The lowest BCUT2D eigenvalue weighted by molar-refractivity contribution is 0.655. The molecule has 0 aliphatic carbocycles. The van der Waals surface area contributed by atoms with E-state index in [1.165, 1.54) is 20.0 Å². The van der Waals surface area contributed by atoms with Crippen LogP contribution in [0.5, 0.6) is 0 Å². The van der Waals surface area contributed by atoms with Crippen LogP contribution in [0.15, 0.2) is 55.0 Å². The quantitative estimate of drug-likeness (QED) is 0.260. The zero-order valence-electron chi connectivity index (χ0n) is 16.5. The second-order valence-electron chi connectivity index (χ2n) is 7.00. The van der Waals surface area contributed by atoms with E-state index in [2.05, 4.69) is 73.4 Å². The molecular formula is C22H22N6S2. The van der Waals surface area contributed by atoms with Crippen molar-refractivity contribution >= 4 is 55.3 Å². The number of nitrogens with one attached hydrogen (secondary N) is 4. The first-order chi connectivity index (χ1) is 14.8. The summed E-state index contributed by atoms with van der Waals surface area (Å²) in [6.07, 6.45) is 3.58. The molecule has 0 spiro atoms. The molecule has 0 bridgehead atoms. The summed E-state index contributed by atoms with van der Waals surface area (Å²) in [4.78, 5) is 16.0. The Hall–Kier alpha value is -2.78. The third kappa shape index (κ3) is 3.95. The lowest BCUT2D eigenvalue weighted by Gasteiger charge is -2.06. The summed E-state index contributed by atoms with van der Waals surface area (Å²) in [6, 6.07) is 14.9. The number of fused-ring (bicyclic) bond motifs is 2. The predicted octanol–water partition coefficient (Wildman–Crippen LogP) is 4.95. The standard InChI is InChI=1S/C22H22N6S2/c1-23-8-9-24-12-16-3-5-19(29-16)20-11-18-21(30-20)22(27-13-26-18)28-15-2-4-17-14(10-15)6-7-25-17/h2-7,10-11,13,23-25H,8-9,12H2,1H3,(H,26,27,28). The number of thiophene rings is 2. The Morgan fingerprint density at radius 3 is 2.87 bits per heavy atom. The van der Waals surface area contributed by atoms with Crippen LogP contribution in [0.25, 0.3) is 30.9 Å². The molecule has 30 heavy (non-hydrogen) atoms. The minimum Gasteiger partial charge on any atom is -0.361 e. The second-order valence-corrected chi connectivity index (χ2v) is 9.22. The number of aromatic nitrogens is 3. The van der Waals surface area contributed by atoms with Crippen molar-refractivity contribution < 1.29 is 0 Å². The highest BCUT2D eigenvalue weighted by molar-refractivity contribution is 7.26. The molecule has 0 atom stereocenters. The van der Waals surface area contributed by atoms with Crippen molar-refractivity contribution in [2.75, 3.05) is 25.5 Å². The fraction of sp³-hybridized carbons (Fsp3) is 0.182. The molecule has 0 saturated carbocycles. The number of benzene rings is 1. The van der Waals surface area contributed by atoms with Crippen LogP contribution in [0.3, 0.4) is 0 Å². The topological polar surface area (TPSA) is 77.7 Å². The Labute approximate surface area is 182 Å². The molecular weight excluding hydrogens is 412 g/mol. The molecule has 6 nitrogen and oxygen atoms in total. The van der Waals surface area contributed by atoms with Crippen molar-refractivity contribution in [3.05, 3.63) is 59.9 Å². The van der Waals surface area contributed by atoms with Crippen molar-refractivity contribution in [3.8, 4) is 9.75 Å². The van der Waals surface area contributed by atoms with Gasteiger partial charge in [0, 0.05) is 57.1 Å². The van der Waals surface area contributed by atoms with Gasteiger partial charge < -0.3 is 20.9 Å². The molecule has 8 heteroatoms. The van der Waals surface area contributed by atoms with Crippen LogP contribution in [0.1, 0.15) is 4.88 Å². The number of rotatable bonds is 8. The first kappa shape index (κ1) is 19.2. The van der Waals surface area contributed by atoms with E-state index in [1.807, 2.05) is 24.6 Å². The fourth-order valence-corrected chi connectivity index (χ4v) is 5.48. The molecule has 152 valence electrons. The lowest BCUT2D eigenvalue weighted by Crippen LogP contribution is -2.24. The Balaban J connectivity index is 1.39. The van der Waals surface area contributed by atoms with Gasteiger partial charge in [0.25, 0.3) is 0 Å². The molecule has 0 fully saturated rings. The van der Waals surface area contributed by atoms with E-state index >= 15 is 0 Å². The highest BCUT2D eigenvalue weighted by Gasteiger charge is 2.12. The van der Waals surface area contributed by atoms with Crippen LogP contribution in [0.2, 0.25) is 0 Å². The molecule has 4 N–H and O–H groups in total. The summed E-state index contributed by atoms with van der Waals surface area (Å²) in [5.41, 5.74) is 3.11. The van der Waals surface area contributed by atoms with Gasteiger partial charge in [-0.25, -0.2) is 9.97 Å². The molecule has 0 radical (unpaired) electrons. The summed E-state index contributed by atoms with van der Waals surface area (Å²) < 4.78 is 1.07. The van der Waals surface area contributed by atoms with E-state index in [0.29, 0.717) is 0 Å². The van der Waals surface area contributed by atoms with Crippen LogP contribution in [-0.4, -0.2) is 35.1 Å². The highest BCUT2D eigenvalue weighted by atomic mass is 32.1. The summed E-state index contributed by atoms with van der Waals surface area (Å²) in [6.45, 7) is 2.83. The molecule has 0 aliphatic heterocycles. The predicted molar refractivity (Wildman–Crippen MR) is 128 cm³/mol. The number of hydrogen-bond donors (Lipinski definition) is 4. The first-order valence-electron chi connectivity index (χ1n) is 9.83. The number of aromatic amines is 1. The number of nitrogens with zero attached hydrogens (tertiary/aromatic N) is 2. The van der Waals surface area contributed by atoms with Crippen molar-refractivity contribution in [2.45, 2.75) is 6.54 Å². The Morgan fingerprint density at radius 2 is 1.93 bits per heavy atom. The van der Waals surface area contributed by atoms with Crippen molar-refractivity contribution in [1.82, 2.24) is 25.6 Å². The SMILES string of the molecule is CNCCNCc1ccc(-c2cc3ncnc(Nc4ccc5[nH]ccc5c4)c3s2)s1. The second kappa shape index (κ2) is 8.53. The lowest BCUT2D eigenvalue weighted by atomic mass is 10.2. The van der Waals surface area contributed by atoms with Crippen molar-refractivity contribution in [3.63, 3.8) is 0 Å². The molecule has 4 aromatic heterocycles. The summed E-state index contributed by atoms with van der Waals surface area (Å²) in [5.74, 6) is 0.844. The third-order valence-electron chi connectivity index (χ3n) is 4.88. The van der Waals surface area contributed by atoms with Gasteiger partial charge in [-0.3, -0.25) is 0 Å². The van der Waals surface area contributed by atoms with Gasteiger partial charge in [0.05, 0.1) is 10.2 Å². The minimum absolute atomic E-state index is 0.844. The van der Waals surface area contributed by atoms with Crippen LogP contribution in [0, 0.1) is 0 Å². The van der Waals surface area contributed by atoms with Crippen molar-refractivity contribution in [2.24, 2.45) is 0 Å². The summed E-state index contributed by atoms with van der Waals surface area (Å²) in [5, 5.41) is 11.3. The zero-order valence-corrected chi connectivity index (χ0v) is 18.2. The molecule has 0 aliphatic rings. The van der Waals surface area contributed by atoms with Crippen molar-refractivity contribution in [1.29, 1.82) is 0 Å². The van der Waals surface area contributed by atoms with Crippen LogP contribution in [0.4, 0.5) is 11.5 Å². The largest absolute Gasteiger partial charge is 0.361 e. The van der Waals surface area contributed by atoms with Gasteiger partial charge in [-0.1, -0.05) is 0 Å². The van der Waals surface area contributed by atoms with Gasteiger partial charge in [-0.15, -0.1) is 22.7 Å². The molecule has 0 unspecified atom stereocenters. The number of hydrogen-bond acceptors (Lipinski definition) is 7. The molecule has 0 amide bonds. The van der Waals surface area contributed by atoms with Crippen LogP contribution in [-0.2, 0) is 6.54 Å². The van der Waals surface area contributed by atoms with Gasteiger partial charge in [0.2, 0.25) is 0 Å². The maximum absolute atomic E-state index is 4.51. The van der Waals surface area contributed by atoms with Gasteiger partial charge in [0.15, 0.2) is 5.82 Å². The fourth-order valence-electron chi connectivity index (χ4n) is 3.36. The van der Waals surface area contributed by atoms with Crippen LogP contribution < -0.4 is 16.0 Å². The van der Waals surface area contributed by atoms with E-state index in [0.717, 1.165) is 46.9 Å². The molecule has 4 heterocycles. The number of anilines is 2. The van der Waals surface area contributed by atoms with Gasteiger partial charge in [-0.2, -0.15) is 0 Å². The minimum atomic E-state index is 0.844. The molecule has 5 rings (SSSR count). The molecule has 5 aromatic rings. The summed E-state index contributed by atoms with van der Waals surface area (Å²) >= 11 is 3.56. The van der Waals surface area contributed by atoms with E-state index < -0.39 is 0 Å². The summed E-state index contributed by atoms with van der Waals surface area (Å²) in [7, 11) is 1.97. The third-order valence-corrected chi connectivity index (χ3v) is 7.29. The number of likely N-dealkylation sites (N-methyl/N-ethyl adjacent to an activating group) is 1. The Kier molecular flexibility index (Phi) is 5.46.